The van der Waals surface area contributed by atoms with Crippen LogP contribution in [0.1, 0.15) is 35.4 Å². The summed E-state index contributed by atoms with van der Waals surface area (Å²) in [7, 11) is 0. The number of amides is 1. The van der Waals surface area contributed by atoms with E-state index in [-0.39, 0.29) is 18.4 Å². The summed E-state index contributed by atoms with van der Waals surface area (Å²) in [5.41, 5.74) is 3.35. The largest absolute Gasteiger partial charge is 0.396 e. The van der Waals surface area contributed by atoms with Gasteiger partial charge in [-0.1, -0.05) is 17.3 Å². The molecule has 1 aromatic carbocycles. The summed E-state index contributed by atoms with van der Waals surface area (Å²) in [4.78, 5) is 12.3. The SMILES string of the molecule is Cc1noc(C)c1C(C)C(=O)Nc1ccc(CCO)cc1. The highest BCUT2D eigenvalue weighted by Gasteiger charge is 2.22. The van der Waals surface area contributed by atoms with Crippen molar-refractivity contribution in [2.45, 2.75) is 33.1 Å². The number of aryl methyl sites for hydroxylation is 2. The summed E-state index contributed by atoms with van der Waals surface area (Å²) in [5.74, 6) is 0.251. The van der Waals surface area contributed by atoms with E-state index in [0.29, 0.717) is 12.2 Å². The van der Waals surface area contributed by atoms with Gasteiger partial charge in [0.05, 0.1) is 11.6 Å². The number of hydrogen-bond donors (Lipinski definition) is 2. The van der Waals surface area contributed by atoms with Gasteiger partial charge in [-0.25, -0.2) is 0 Å². The zero-order valence-electron chi connectivity index (χ0n) is 12.5. The van der Waals surface area contributed by atoms with Crippen molar-refractivity contribution in [3.05, 3.63) is 46.8 Å². The highest BCUT2D eigenvalue weighted by molar-refractivity contribution is 5.95. The third-order valence-corrected chi connectivity index (χ3v) is 3.54. The van der Waals surface area contributed by atoms with E-state index in [1.165, 1.54) is 0 Å². The Hall–Kier alpha value is -2.14. The minimum Gasteiger partial charge on any atom is -0.396 e. The summed E-state index contributed by atoms with van der Waals surface area (Å²) in [6.07, 6.45) is 0.615. The number of nitrogens with one attached hydrogen (secondary N) is 1. The maximum Gasteiger partial charge on any atom is 0.231 e. The maximum absolute atomic E-state index is 12.3. The molecule has 5 nitrogen and oxygen atoms in total. The van der Waals surface area contributed by atoms with Crippen LogP contribution in [0.3, 0.4) is 0 Å². The topological polar surface area (TPSA) is 75.4 Å². The number of carbonyl (C=O) groups is 1. The van der Waals surface area contributed by atoms with Gasteiger partial charge in [-0.2, -0.15) is 0 Å². The number of anilines is 1. The molecule has 5 heteroatoms. The van der Waals surface area contributed by atoms with Gasteiger partial charge in [-0.15, -0.1) is 0 Å². The van der Waals surface area contributed by atoms with Gasteiger partial charge in [-0.05, 0) is 44.9 Å². The highest BCUT2D eigenvalue weighted by Crippen LogP contribution is 2.24. The first-order valence-electron chi connectivity index (χ1n) is 6.96. The number of aromatic nitrogens is 1. The fraction of sp³-hybridized carbons (Fsp3) is 0.375. The fourth-order valence-electron chi connectivity index (χ4n) is 2.37. The minimum atomic E-state index is -0.326. The van der Waals surface area contributed by atoms with Crippen LogP contribution < -0.4 is 5.32 Å². The third-order valence-electron chi connectivity index (χ3n) is 3.54. The molecule has 0 spiro atoms. The lowest BCUT2D eigenvalue weighted by Gasteiger charge is -2.12. The Balaban J connectivity index is 2.07. The van der Waals surface area contributed by atoms with Crippen LogP contribution in [0, 0.1) is 13.8 Å². The molecule has 0 radical (unpaired) electrons. The number of rotatable bonds is 5. The molecule has 0 bridgehead atoms. The lowest BCUT2D eigenvalue weighted by molar-refractivity contribution is -0.117. The van der Waals surface area contributed by atoms with E-state index in [9.17, 15) is 4.79 Å². The fourth-order valence-corrected chi connectivity index (χ4v) is 2.37. The average molecular weight is 288 g/mol. The second-order valence-electron chi connectivity index (χ2n) is 5.12. The predicted molar refractivity (Wildman–Crippen MR) is 80.3 cm³/mol. The first-order valence-corrected chi connectivity index (χ1v) is 6.96. The van der Waals surface area contributed by atoms with E-state index in [1.807, 2.05) is 45.0 Å². The Bertz CT molecular complexity index is 597. The monoisotopic (exact) mass is 288 g/mol. The molecule has 2 rings (SSSR count). The molecule has 2 N–H and O–H groups in total. The molecule has 1 heterocycles. The Labute approximate surface area is 124 Å². The van der Waals surface area contributed by atoms with Gasteiger partial charge >= 0.3 is 0 Å². The summed E-state index contributed by atoms with van der Waals surface area (Å²) in [6.45, 7) is 5.60. The van der Waals surface area contributed by atoms with Gasteiger partial charge in [0.25, 0.3) is 0 Å². The van der Waals surface area contributed by atoms with Crippen LogP contribution >= 0.6 is 0 Å². The number of aliphatic hydroxyl groups is 1. The average Bonchev–Trinajstić information content (AvgIpc) is 2.80. The van der Waals surface area contributed by atoms with E-state index in [4.69, 9.17) is 9.63 Å². The van der Waals surface area contributed by atoms with Crippen molar-refractivity contribution in [3.63, 3.8) is 0 Å². The van der Waals surface area contributed by atoms with Crippen LogP contribution in [-0.2, 0) is 11.2 Å². The molecular weight excluding hydrogens is 268 g/mol. The Kier molecular flexibility index (Phi) is 4.75. The molecular formula is C16H20N2O3. The first kappa shape index (κ1) is 15.3. The van der Waals surface area contributed by atoms with E-state index < -0.39 is 0 Å². The van der Waals surface area contributed by atoms with Gasteiger partial charge in [0, 0.05) is 17.9 Å². The van der Waals surface area contributed by atoms with Crippen LogP contribution in [0.25, 0.3) is 0 Å². The molecule has 21 heavy (non-hydrogen) atoms. The standard InChI is InChI=1S/C16H20N2O3/c1-10(15-11(2)18-21-12(15)3)16(20)17-14-6-4-13(5-7-14)8-9-19/h4-7,10,19H,8-9H2,1-3H3,(H,17,20). The number of carbonyl (C=O) groups excluding carboxylic acids is 1. The Morgan fingerprint density at radius 3 is 2.52 bits per heavy atom. The molecule has 1 aromatic heterocycles. The zero-order valence-corrected chi connectivity index (χ0v) is 12.5. The molecule has 0 fully saturated rings. The summed E-state index contributed by atoms with van der Waals surface area (Å²) in [5, 5.41) is 15.6. The summed E-state index contributed by atoms with van der Waals surface area (Å²) >= 11 is 0. The van der Waals surface area contributed by atoms with Crippen molar-refractivity contribution >= 4 is 11.6 Å². The zero-order chi connectivity index (χ0) is 15.4. The van der Waals surface area contributed by atoms with Crippen molar-refractivity contribution in [3.8, 4) is 0 Å². The van der Waals surface area contributed by atoms with Crippen LogP contribution in [0.2, 0.25) is 0 Å². The van der Waals surface area contributed by atoms with Gasteiger partial charge in [0.2, 0.25) is 5.91 Å². The van der Waals surface area contributed by atoms with Crippen LogP contribution in [0.4, 0.5) is 5.69 Å². The van der Waals surface area contributed by atoms with Crippen molar-refractivity contribution in [1.29, 1.82) is 0 Å². The highest BCUT2D eigenvalue weighted by atomic mass is 16.5. The molecule has 0 saturated carbocycles. The molecule has 0 aliphatic carbocycles. The number of benzene rings is 1. The molecule has 1 unspecified atom stereocenters. The number of nitrogens with zero attached hydrogens (tertiary/aromatic N) is 1. The second kappa shape index (κ2) is 6.54. The molecule has 0 aliphatic rings. The van der Waals surface area contributed by atoms with Gasteiger partial charge in [-0.3, -0.25) is 4.79 Å². The van der Waals surface area contributed by atoms with Crippen molar-refractivity contribution in [1.82, 2.24) is 5.16 Å². The summed E-state index contributed by atoms with van der Waals surface area (Å²) in [6, 6.07) is 7.46. The van der Waals surface area contributed by atoms with Crippen LogP contribution in [0.15, 0.2) is 28.8 Å². The van der Waals surface area contributed by atoms with Crippen molar-refractivity contribution < 1.29 is 14.4 Å². The predicted octanol–water partition coefficient (Wildman–Crippen LogP) is 2.57. The number of hydrogen-bond acceptors (Lipinski definition) is 4. The van der Waals surface area contributed by atoms with E-state index in [1.54, 1.807) is 0 Å². The van der Waals surface area contributed by atoms with Crippen LogP contribution in [-0.4, -0.2) is 22.8 Å². The van der Waals surface area contributed by atoms with E-state index in [2.05, 4.69) is 10.5 Å². The molecule has 112 valence electrons. The lowest BCUT2D eigenvalue weighted by Crippen LogP contribution is -2.19. The Morgan fingerprint density at radius 1 is 1.33 bits per heavy atom. The van der Waals surface area contributed by atoms with Crippen LogP contribution in [0.5, 0.6) is 0 Å². The number of aliphatic hydroxyl groups excluding tert-OH is 1. The van der Waals surface area contributed by atoms with Gasteiger partial charge < -0.3 is 14.9 Å². The summed E-state index contributed by atoms with van der Waals surface area (Å²) < 4.78 is 5.11. The maximum atomic E-state index is 12.3. The first-order chi connectivity index (χ1) is 10.0. The van der Waals surface area contributed by atoms with E-state index >= 15 is 0 Å². The quantitative estimate of drug-likeness (QED) is 0.886. The van der Waals surface area contributed by atoms with E-state index in [0.717, 1.165) is 22.5 Å². The second-order valence-corrected chi connectivity index (χ2v) is 5.12. The normalized spacial score (nSPS) is 12.2. The lowest BCUT2D eigenvalue weighted by atomic mass is 9.98. The molecule has 2 aromatic rings. The molecule has 1 atom stereocenters. The molecule has 0 aliphatic heterocycles. The smallest absolute Gasteiger partial charge is 0.231 e. The minimum absolute atomic E-state index is 0.0979. The van der Waals surface area contributed by atoms with Gasteiger partial charge in [0.1, 0.15) is 5.76 Å². The van der Waals surface area contributed by atoms with Gasteiger partial charge in [0.15, 0.2) is 0 Å². The molecule has 1 amide bonds. The van der Waals surface area contributed by atoms with Crippen molar-refractivity contribution in [2.24, 2.45) is 0 Å². The Morgan fingerprint density at radius 2 is 2.00 bits per heavy atom. The third kappa shape index (κ3) is 3.49. The van der Waals surface area contributed by atoms with Crippen molar-refractivity contribution in [2.75, 3.05) is 11.9 Å². The molecule has 0 saturated heterocycles.